The van der Waals surface area contributed by atoms with Crippen molar-refractivity contribution in [2.45, 2.75) is 25.8 Å². The maximum absolute atomic E-state index is 12.4. The Morgan fingerprint density at radius 3 is 2.32 bits per heavy atom. The molecule has 0 spiro atoms. The van der Waals surface area contributed by atoms with E-state index in [-0.39, 0.29) is 11.8 Å². The van der Waals surface area contributed by atoms with Crippen molar-refractivity contribution in [2.24, 2.45) is 0 Å². The maximum atomic E-state index is 12.4. The summed E-state index contributed by atoms with van der Waals surface area (Å²) in [6, 6.07) is 18.2. The molecule has 2 aromatic carbocycles. The smallest absolute Gasteiger partial charge is 0.251 e. The number of nitrogens with one attached hydrogen (secondary N) is 1. The van der Waals surface area contributed by atoms with Crippen LogP contribution in [0.2, 0.25) is 0 Å². The summed E-state index contributed by atoms with van der Waals surface area (Å²) in [5.41, 5.74) is 3.04. The summed E-state index contributed by atoms with van der Waals surface area (Å²) in [6.45, 7) is 7.37. The first kappa shape index (κ1) is 21.4. The second-order valence-corrected chi connectivity index (χ2v) is 8.39. The van der Waals surface area contributed by atoms with Gasteiger partial charge in [0.1, 0.15) is 0 Å². The van der Waals surface area contributed by atoms with E-state index >= 15 is 0 Å². The number of hydrogen-bond acceptors (Lipinski definition) is 4. The van der Waals surface area contributed by atoms with E-state index in [9.17, 15) is 9.59 Å². The Labute approximate surface area is 184 Å². The lowest BCUT2D eigenvalue weighted by molar-refractivity contribution is -0.128. The number of carbonyl (C=O) groups excluding carboxylic acids is 2. The van der Waals surface area contributed by atoms with Crippen LogP contribution in [0.25, 0.3) is 0 Å². The molecule has 2 aromatic rings. The molecule has 2 aliphatic heterocycles. The third-order valence-electron chi connectivity index (χ3n) is 6.19. The lowest BCUT2D eigenvalue weighted by Crippen LogP contribution is -2.47. The van der Waals surface area contributed by atoms with Gasteiger partial charge in [-0.05, 0) is 49.2 Å². The fourth-order valence-electron chi connectivity index (χ4n) is 4.33. The molecular formula is C25H32N4O2. The van der Waals surface area contributed by atoms with Gasteiger partial charge < -0.3 is 15.1 Å². The normalized spacial score (nSPS) is 17.2. The second kappa shape index (κ2) is 10.4. The van der Waals surface area contributed by atoms with Gasteiger partial charge >= 0.3 is 0 Å². The summed E-state index contributed by atoms with van der Waals surface area (Å²) < 4.78 is 0. The summed E-state index contributed by atoms with van der Waals surface area (Å²) in [5.74, 6) is 0.195. The van der Waals surface area contributed by atoms with Gasteiger partial charge in [-0.15, -0.1) is 0 Å². The van der Waals surface area contributed by atoms with Gasteiger partial charge in [0.2, 0.25) is 5.91 Å². The second-order valence-electron chi connectivity index (χ2n) is 8.39. The zero-order chi connectivity index (χ0) is 21.5. The molecule has 164 valence electrons. The molecule has 2 aliphatic rings. The van der Waals surface area contributed by atoms with Crippen LogP contribution >= 0.6 is 0 Å². The fraction of sp³-hybridized carbons (Fsp3) is 0.440. The predicted octanol–water partition coefficient (Wildman–Crippen LogP) is 2.75. The topological polar surface area (TPSA) is 55.9 Å². The number of amides is 2. The van der Waals surface area contributed by atoms with Gasteiger partial charge in [-0.25, -0.2) is 0 Å². The van der Waals surface area contributed by atoms with E-state index in [1.54, 1.807) is 0 Å². The number of para-hydroxylation sites is 1. The van der Waals surface area contributed by atoms with Crippen LogP contribution in [-0.4, -0.2) is 67.4 Å². The minimum atomic E-state index is -0.0299. The molecule has 4 rings (SSSR count). The number of rotatable bonds is 8. The summed E-state index contributed by atoms with van der Waals surface area (Å²) in [5, 5.41) is 3.03. The van der Waals surface area contributed by atoms with Crippen molar-refractivity contribution in [3.63, 3.8) is 0 Å². The number of hydrogen-bond donors (Lipinski definition) is 1. The largest absolute Gasteiger partial charge is 0.369 e. The van der Waals surface area contributed by atoms with Gasteiger partial charge in [-0.1, -0.05) is 30.3 Å². The first-order valence-electron chi connectivity index (χ1n) is 11.4. The monoisotopic (exact) mass is 420 g/mol. The highest BCUT2D eigenvalue weighted by Crippen LogP contribution is 2.16. The lowest BCUT2D eigenvalue weighted by Gasteiger charge is -2.36. The van der Waals surface area contributed by atoms with Gasteiger partial charge in [-0.2, -0.15) is 0 Å². The molecule has 0 bridgehead atoms. The van der Waals surface area contributed by atoms with E-state index in [4.69, 9.17) is 0 Å². The first-order valence-corrected chi connectivity index (χ1v) is 11.4. The number of nitrogens with zero attached hydrogens (tertiary/aromatic N) is 3. The zero-order valence-electron chi connectivity index (χ0n) is 18.1. The highest BCUT2D eigenvalue weighted by Gasteiger charge is 2.20. The van der Waals surface area contributed by atoms with Gasteiger partial charge in [0.05, 0.1) is 0 Å². The molecule has 0 radical (unpaired) electrons. The van der Waals surface area contributed by atoms with E-state index < -0.39 is 0 Å². The van der Waals surface area contributed by atoms with E-state index in [0.717, 1.165) is 57.7 Å². The highest BCUT2D eigenvalue weighted by atomic mass is 16.2. The van der Waals surface area contributed by atoms with Crippen LogP contribution in [0.4, 0.5) is 5.69 Å². The van der Waals surface area contributed by atoms with E-state index in [2.05, 4.69) is 45.4 Å². The van der Waals surface area contributed by atoms with Crippen molar-refractivity contribution < 1.29 is 9.59 Å². The summed E-state index contributed by atoms with van der Waals surface area (Å²) in [4.78, 5) is 30.9. The third-order valence-corrected chi connectivity index (χ3v) is 6.19. The van der Waals surface area contributed by atoms with Crippen LogP contribution in [0.1, 0.15) is 35.2 Å². The van der Waals surface area contributed by atoms with Gasteiger partial charge in [0.25, 0.3) is 5.91 Å². The van der Waals surface area contributed by atoms with Crippen LogP contribution in [0.15, 0.2) is 54.6 Å². The Balaban J connectivity index is 1.13. The zero-order valence-corrected chi connectivity index (χ0v) is 18.1. The minimum absolute atomic E-state index is 0.0299. The number of carbonyl (C=O) groups is 2. The number of likely N-dealkylation sites (tertiary alicyclic amines) is 1. The predicted molar refractivity (Wildman–Crippen MR) is 123 cm³/mol. The minimum Gasteiger partial charge on any atom is -0.369 e. The van der Waals surface area contributed by atoms with Gasteiger partial charge in [0, 0.05) is 63.5 Å². The summed E-state index contributed by atoms with van der Waals surface area (Å²) in [6.07, 6.45) is 2.55. The first-order chi connectivity index (χ1) is 15.2. The Kier molecular flexibility index (Phi) is 7.20. The van der Waals surface area contributed by atoms with Gasteiger partial charge in [-0.3, -0.25) is 14.5 Å². The van der Waals surface area contributed by atoms with Crippen molar-refractivity contribution in [1.29, 1.82) is 0 Å². The van der Waals surface area contributed by atoms with E-state index in [0.29, 0.717) is 25.1 Å². The van der Waals surface area contributed by atoms with Crippen molar-refractivity contribution in [2.75, 3.05) is 50.7 Å². The van der Waals surface area contributed by atoms with Crippen molar-refractivity contribution in [3.8, 4) is 0 Å². The number of anilines is 1. The quantitative estimate of drug-likeness (QED) is 0.668. The molecule has 2 saturated heterocycles. The highest BCUT2D eigenvalue weighted by molar-refractivity contribution is 5.94. The van der Waals surface area contributed by atoms with Crippen molar-refractivity contribution >= 4 is 17.5 Å². The lowest BCUT2D eigenvalue weighted by atomic mass is 10.1. The maximum Gasteiger partial charge on any atom is 0.251 e. The Morgan fingerprint density at radius 2 is 1.65 bits per heavy atom. The molecule has 0 aliphatic carbocycles. The van der Waals surface area contributed by atoms with Crippen LogP contribution < -0.4 is 10.2 Å². The van der Waals surface area contributed by atoms with Crippen molar-refractivity contribution in [3.05, 3.63) is 65.7 Å². The van der Waals surface area contributed by atoms with Crippen molar-refractivity contribution in [1.82, 2.24) is 15.1 Å². The molecule has 2 heterocycles. The van der Waals surface area contributed by atoms with E-state index in [1.807, 2.05) is 29.2 Å². The van der Waals surface area contributed by atoms with Gasteiger partial charge in [0.15, 0.2) is 0 Å². The summed E-state index contributed by atoms with van der Waals surface area (Å²) >= 11 is 0. The van der Waals surface area contributed by atoms with Crippen LogP contribution in [0.3, 0.4) is 0 Å². The molecule has 0 atom stereocenters. The standard InChI is InChI=1S/C25H32N4O2/c30-24-8-4-15-29(24)20-21-9-11-22(12-10-21)25(31)26-13-5-14-27-16-18-28(19-17-27)23-6-2-1-3-7-23/h1-3,6-7,9-12H,4-5,8,13-20H2,(H,26,31). The molecule has 0 saturated carbocycles. The van der Waals surface area contributed by atoms with Crippen LogP contribution in [-0.2, 0) is 11.3 Å². The van der Waals surface area contributed by atoms with E-state index in [1.165, 1.54) is 5.69 Å². The molecular weight excluding hydrogens is 388 g/mol. The van der Waals surface area contributed by atoms with Crippen LogP contribution in [0.5, 0.6) is 0 Å². The molecule has 0 unspecified atom stereocenters. The summed E-state index contributed by atoms with van der Waals surface area (Å²) in [7, 11) is 0. The number of piperazine rings is 1. The molecule has 2 fully saturated rings. The van der Waals surface area contributed by atoms with Crippen LogP contribution in [0, 0.1) is 0 Å². The average molecular weight is 421 g/mol. The molecule has 2 amide bonds. The Hall–Kier alpha value is -2.86. The molecule has 6 heteroatoms. The SMILES string of the molecule is O=C(NCCCN1CCN(c2ccccc2)CC1)c1ccc(CN2CCCC2=O)cc1. The molecule has 31 heavy (non-hydrogen) atoms. The molecule has 0 aromatic heterocycles. The molecule has 6 nitrogen and oxygen atoms in total. The number of benzene rings is 2. The average Bonchev–Trinajstić information content (AvgIpc) is 3.22. The Bertz CT molecular complexity index is 861. The fourth-order valence-corrected chi connectivity index (χ4v) is 4.33. The molecule has 1 N–H and O–H groups in total. The Morgan fingerprint density at radius 1 is 0.903 bits per heavy atom. The third kappa shape index (κ3) is 5.85.